The van der Waals surface area contributed by atoms with E-state index >= 15 is 0 Å². The zero-order chi connectivity index (χ0) is 9.97. The summed E-state index contributed by atoms with van der Waals surface area (Å²) < 4.78 is 0. The molecule has 0 unspecified atom stereocenters. The molecule has 1 aromatic heterocycles. The predicted molar refractivity (Wildman–Crippen MR) is 56.7 cm³/mol. The zero-order valence-corrected chi connectivity index (χ0v) is 8.24. The number of hydrogen-bond donors (Lipinski definition) is 2. The molecule has 76 valence electrons. The Morgan fingerprint density at radius 2 is 1.79 bits per heavy atom. The lowest BCUT2D eigenvalue weighted by Gasteiger charge is -2.22. The van der Waals surface area contributed by atoms with Crippen molar-refractivity contribution in [3.63, 3.8) is 0 Å². The van der Waals surface area contributed by atoms with Crippen LogP contribution in [0.1, 0.15) is 43.6 Å². The van der Waals surface area contributed by atoms with Gasteiger partial charge in [-0.25, -0.2) is 0 Å². The van der Waals surface area contributed by atoms with Gasteiger partial charge in [0, 0.05) is 5.56 Å². The molecule has 2 rings (SSSR count). The second kappa shape index (κ2) is 3.82. The van der Waals surface area contributed by atoms with Gasteiger partial charge in [-0.15, -0.1) is 10.2 Å². The molecule has 1 aliphatic carbocycles. The Morgan fingerprint density at radius 1 is 1.07 bits per heavy atom. The van der Waals surface area contributed by atoms with E-state index in [0.717, 1.165) is 5.56 Å². The van der Waals surface area contributed by atoms with Crippen LogP contribution in [-0.2, 0) is 0 Å². The van der Waals surface area contributed by atoms with Crippen molar-refractivity contribution in [2.75, 3.05) is 11.5 Å². The summed E-state index contributed by atoms with van der Waals surface area (Å²) in [6.07, 6.45) is 6.31. The lowest BCUT2D eigenvalue weighted by atomic mass is 9.84. The number of aromatic nitrogens is 2. The number of anilines is 2. The Balaban J connectivity index is 2.24. The summed E-state index contributed by atoms with van der Waals surface area (Å²) in [6.45, 7) is 0. The summed E-state index contributed by atoms with van der Waals surface area (Å²) in [4.78, 5) is 0. The summed E-state index contributed by atoms with van der Waals surface area (Å²) in [6, 6.07) is 1.87. The fourth-order valence-corrected chi connectivity index (χ4v) is 2.17. The molecule has 0 amide bonds. The van der Waals surface area contributed by atoms with Crippen LogP contribution >= 0.6 is 0 Å². The number of hydrogen-bond acceptors (Lipinski definition) is 4. The molecule has 1 aromatic rings. The first kappa shape index (κ1) is 9.24. The van der Waals surface area contributed by atoms with Crippen molar-refractivity contribution in [2.45, 2.75) is 38.0 Å². The van der Waals surface area contributed by atoms with Crippen LogP contribution in [0.5, 0.6) is 0 Å². The van der Waals surface area contributed by atoms with Crippen LogP contribution in [-0.4, -0.2) is 10.2 Å². The van der Waals surface area contributed by atoms with Gasteiger partial charge >= 0.3 is 0 Å². The Morgan fingerprint density at radius 3 is 2.50 bits per heavy atom. The molecule has 1 aliphatic rings. The van der Waals surface area contributed by atoms with Crippen molar-refractivity contribution in [3.05, 3.63) is 11.6 Å². The van der Waals surface area contributed by atoms with Crippen LogP contribution in [0, 0.1) is 0 Å². The number of nitrogens with two attached hydrogens (primary N) is 2. The average molecular weight is 192 g/mol. The minimum Gasteiger partial charge on any atom is -0.382 e. The van der Waals surface area contributed by atoms with Crippen molar-refractivity contribution in [2.24, 2.45) is 0 Å². The number of nitrogens with zero attached hydrogens (tertiary/aromatic N) is 2. The molecule has 14 heavy (non-hydrogen) atoms. The summed E-state index contributed by atoms with van der Waals surface area (Å²) in [5, 5.41) is 7.59. The van der Waals surface area contributed by atoms with Gasteiger partial charge in [0.15, 0.2) is 0 Å². The van der Waals surface area contributed by atoms with Crippen molar-refractivity contribution in [1.29, 1.82) is 0 Å². The quantitative estimate of drug-likeness (QED) is 0.709. The lowest BCUT2D eigenvalue weighted by molar-refractivity contribution is 0.443. The first-order valence-electron chi connectivity index (χ1n) is 5.16. The lowest BCUT2D eigenvalue weighted by Crippen LogP contribution is -2.10. The second-order valence-corrected chi connectivity index (χ2v) is 3.94. The van der Waals surface area contributed by atoms with Gasteiger partial charge in [0.2, 0.25) is 0 Å². The second-order valence-electron chi connectivity index (χ2n) is 3.94. The Hall–Kier alpha value is -1.32. The van der Waals surface area contributed by atoms with Gasteiger partial charge in [0.05, 0.1) is 0 Å². The summed E-state index contributed by atoms with van der Waals surface area (Å²) in [7, 11) is 0. The monoisotopic (exact) mass is 192 g/mol. The maximum atomic E-state index is 5.79. The highest BCUT2D eigenvalue weighted by molar-refractivity contribution is 5.46. The minimum atomic E-state index is 0.472. The molecule has 4 N–H and O–H groups in total. The van der Waals surface area contributed by atoms with Gasteiger partial charge in [-0.05, 0) is 24.8 Å². The standard InChI is InChI=1S/C10H16N4/c11-9-6-8(10(12)14-13-9)7-4-2-1-3-5-7/h6-7H,1-5H2,(H2,11,13)(H2,12,14). The third-order valence-corrected chi connectivity index (χ3v) is 2.92. The topological polar surface area (TPSA) is 77.8 Å². The van der Waals surface area contributed by atoms with E-state index in [1.165, 1.54) is 32.1 Å². The van der Waals surface area contributed by atoms with E-state index in [0.29, 0.717) is 17.6 Å². The van der Waals surface area contributed by atoms with Gasteiger partial charge in [0.25, 0.3) is 0 Å². The molecule has 0 aliphatic heterocycles. The Kier molecular flexibility index (Phi) is 2.52. The maximum absolute atomic E-state index is 5.79. The zero-order valence-electron chi connectivity index (χ0n) is 8.24. The first-order valence-corrected chi connectivity index (χ1v) is 5.16. The predicted octanol–water partition coefficient (Wildman–Crippen LogP) is 1.69. The van der Waals surface area contributed by atoms with Crippen molar-refractivity contribution in [1.82, 2.24) is 10.2 Å². The molecule has 4 heteroatoms. The van der Waals surface area contributed by atoms with Gasteiger partial charge < -0.3 is 11.5 Å². The van der Waals surface area contributed by atoms with E-state index in [-0.39, 0.29) is 0 Å². The van der Waals surface area contributed by atoms with Crippen molar-refractivity contribution < 1.29 is 0 Å². The van der Waals surface area contributed by atoms with Gasteiger partial charge in [-0.3, -0.25) is 0 Å². The Bertz CT molecular complexity index is 318. The van der Waals surface area contributed by atoms with E-state index < -0.39 is 0 Å². The molecule has 4 nitrogen and oxygen atoms in total. The summed E-state index contributed by atoms with van der Waals surface area (Å²) in [5.41, 5.74) is 12.5. The largest absolute Gasteiger partial charge is 0.382 e. The summed E-state index contributed by atoms with van der Waals surface area (Å²) >= 11 is 0. The molecular weight excluding hydrogens is 176 g/mol. The van der Waals surface area contributed by atoms with Crippen LogP contribution in [0.2, 0.25) is 0 Å². The van der Waals surface area contributed by atoms with Crippen molar-refractivity contribution in [3.8, 4) is 0 Å². The molecule has 0 saturated heterocycles. The average Bonchev–Trinajstić information content (AvgIpc) is 2.23. The van der Waals surface area contributed by atoms with Gasteiger partial charge in [-0.2, -0.15) is 0 Å². The molecule has 0 radical (unpaired) electrons. The molecule has 0 aromatic carbocycles. The molecule has 0 spiro atoms. The smallest absolute Gasteiger partial charge is 0.149 e. The van der Waals surface area contributed by atoms with Gasteiger partial charge in [0.1, 0.15) is 11.6 Å². The van der Waals surface area contributed by atoms with Gasteiger partial charge in [-0.1, -0.05) is 19.3 Å². The van der Waals surface area contributed by atoms with E-state index in [1.807, 2.05) is 6.07 Å². The Labute approximate surface area is 83.7 Å². The first-order chi connectivity index (χ1) is 6.77. The van der Waals surface area contributed by atoms with Crippen LogP contribution in [0.4, 0.5) is 11.6 Å². The van der Waals surface area contributed by atoms with E-state index in [4.69, 9.17) is 11.5 Å². The van der Waals surface area contributed by atoms with Crippen LogP contribution in [0.25, 0.3) is 0 Å². The molecule has 1 heterocycles. The third kappa shape index (κ3) is 1.78. The van der Waals surface area contributed by atoms with Crippen LogP contribution < -0.4 is 11.5 Å². The fraction of sp³-hybridized carbons (Fsp3) is 0.600. The van der Waals surface area contributed by atoms with Crippen molar-refractivity contribution >= 4 is 11.6 Å². The number of nitrogen functional groups attached to an aromatic ring is 2. The normalized spacial score (nSPS) is 18.3. The minimum absolute atomic E-state index is 0.472. The highest BCUT2D eigenvalue weighted by atomic mass is 15.2. The van der Waals surface area contributed by atoms with E-state index in [9.17, 15) is 0 Å². The third-order valence-electron chi connectivity index (χ3n) is 2.92. The molecule has 1 saturated carbocycles. The van der Waals surface area contributed by atoms with Crippen LogP contribution in [0.15, 0.2) is 6.07 Å². The summed E-state index contributed by atoms with van der Waals surface area (Å²) in [5.74, 6) is 1.56. The molecule has 0 bridgehead atoms. The van der Waals surface area contributed by atoms with E-state index in [2.05, 4.69) is 10.2 Å². The fourth-order valence-electron chi connectivity index (χ4n) is 2.17. The van der Waals surface area contributed by atoms with E-state index in [1.54, 1.807) is 0 Å². The van der Waals surface area contributed by atoms with Crippen LogP contribution in [0.3, 0.4) is 0 Å². The number of rotatable bonds is 1. The highest BCUT2D eigenvalue weighted by Gasteiger charge is 2.18. The molecular formula is C10H16N4. The highest BCUT2D eigenvalue weighted by Crippen LogP contribution is 2.34. The maximum Gasteiger partial charge on any atom is 0.149 e. The molecule has 1 fully saturated rings. The SMILES string of the molecule is Nc1cc(C2CCCCC2)c(N)nn1. The molecule has 0 atom stereocenters.